The summed E-state index contributed by atoms with van der Waals surface area (Å²) < 4.78 is 0. The van der Waals surface area contributed by atoms with Gasteiger partial charge in [-0.15, -0.1) is 0 Å². The second-order valence-corrected chi connectivity index (χ2v) is 6.56. The van der Waals surface area contributed by atoms with Crippen molar-refractivity contribution in [2.75, 3.05) is 5.43 Å². The highest BCUT2D eigenvalue weighted by molar-refractivity contribution is 5.88. The van der Waals surface area contributed by atoms with E-state index in [4.69, 9.17) is 0 Å². The van der Waals surface area contributed by atoms with Crippen molar-refractivity contribution in [3.63, 3.8) is 0 Å². The van der Waals surface area contributed by atoms with E-state index in [0.717, 1.165) is 31.0 Å². The molecule has 0 unspecified atom stereocenters. The minimum absolute atomic E-state index is 0.191. The Hall–Kier alpha value is -2.51. The number of hydrazone groups is 1. The van der Waals surface area contributed by atoms with Crippen LogP contribution < -0.4 is 5.43 Å². The Balaban J connectivity index is 1.82. The number of nitrogens with zero attached hydrogens (tertiary/aromatic N) is 3. The molecule has 24 heavy (non-hydrogen) atoms. The Labute approximate surface area is 139 Å². The molecule has 0 radical (unpaired) electrons. The van der Waals surface area contributed by atoms with Gasteiger partial charge in [-0.05, 0) is 43.6 Å². The molecule has 0 aromatic heterocycles. The van der Waals surface area contributed by atoms with Crippen LogP contribution in [-0.4, -0.2) is 15.6 Å². The van der Waals surface area contributed by atoms with Crippen LogP contribution in [0.2, 0.25) is 0 Å². The summed E-state index contributed by atoms with van der Waals surface area (Å²) >= 11 is 0. The molecule has 8 nitrogen and oxygen atoms in total. The molecule has 2 atom stereocenters. The SMILES string of the molecule is O=[N+]([O-])c1ccc(N/N=C2/C[C@H]3CCCC[C@@H]2CC3)c([N+](=O)[O-])c1. The lowest BCUT2D eigenvalue weighted by Crippen LogP contribution is -2.28. The number of anilines is 1. The van der Waals surface area contributed by atoms with E-state index in [2.05, 4.69) is 10.5 Å². The minimum Gasteiger partial charge on any atom is -0.272 e. The number of hydrogen-bond donors (Lipinski definition) is 1. The second-order valence-electron chi connectivity index (χ2n) is 6.56. The van der Waals surface area contributed by atoms with Crippen LogP contribution in [0.3, 0.4) is 0 Å². The number of nitro benzene ring substituents is 2. The van der Waals surface area contributed by atoms with Crippen molar-refractivity contribution < 1.29 is 9.85 Å². The van der Waals surface area contributed by atoms with Crippen LogP contribution >= 0.6 is 0 Å². The number of rotatable bonds is 4. The van der Waals surface area contributed by atoms with Gasteiger partial charge in [0.25, 0.3) is 5.69 Å². The molecule has 3 aliphatic rings. The predicted octanol–water partition coefficient (Wildman–Crippen LogP) is 4.26. The molecule has 3 saturated carbocycles. The molecule has 0 amide bonds. The average Bonchev–Trinajstić information content (AvgIpc) is 2.53. The van der Waals surface area contributed by atoms with Gasteiger partial charge in [0.05, 0.1) is 15.9 Å². The van der Waals surface area contributed by atoms with Gasteiger partial charge in [-0.3, -0.25) is 25.7 Å². The number of non-ortho nitro benzene ring substituents is 1. The maximum absolute atomic E-state index is 11.2. The zero-order valence-corrected chi connectivity index (χ0v) is 13.3. The number of benzene rings is 1. The maximum Gasteiger partial charge on any atom is 0.301 e. The third kappa shape index (κ3) is 3.52. The van der Waals surface area contributed by atoms with Crippen LogP contribution in [0.5, 0.6) is 0 Å². The first-order chi connectivity index (χ1) is 11.5. The number of nitro groups is 2. The lowest BCUT2D eigenvalue weighted by atomic mass is 9.74. The summed E-state index contributed by atoms with van der Waals surface area (Å²) in [5, 5.41) is 26.4. The normalized spacial score (nSPS) is 25.1. The molecule has 1 aromatic rings. The topological polar surface area (TPSA) is 111 Å². The fraction of sp³-hybridized carbons (Fsp3) is 0.562. The first-order valence-electron chi connectivity index (χ1n) is 8.30. The van der Waals surface area contributed by atoms with Crippen molar-refractivity contribution in [3.05, 3.63) is 38.4 Å². The summed E-state index contributed by atoms with van der Waals surface area (Å²) in [6.07, 6.45) is 8.14. The molecule has 3 aliphatic carbocycles. The second kappa shape index (κ2) is 6.94. The van der Waals surface area contributed by atoms with Crippen molar-refractivity contribution in [2.45, 2.75) is 44.9 Å². The summed E-state index contributed by atoms with van der Waals surface area (Å²) in [5.74, 6) is 1.11. The van der Waals surface area contributed by atoms with Crippen molar-refractivity contribution >= 4 is 22.8 Å². The Morgan fingerprint density at radius 2 is 1.83 bits per heavy atom. The first-order valence-corrected chi connectivity index (χ1v) is 8.30. The van der Waals surface area contributed by atoms with Gasteiger partial charge in [0.2, 0.25) is 0 Å². The van der Waals surface area contributed by atoms with Crippen molar-refractivity contribution in [2.24, 2.45) is 16.9 Å². The highest BCUT2D eigenvalue weighted by Gasteiger charge is 2.29. The molecular formula is C16H20N4O4. The quantitative estimate of drug-likeness (QED) is 0.654. The van der Waals surface area contributed by atoms with E-state index in [0.29, 0.717) is 11.8 Å². The van der Waals surface area contributed by atoms with Crippen LogP contribution in [0, 0.1) is 32.1 Å². The van der Waals surface area contributed by atoms with Gasteiger partial charge in [-0.25, -0.2) is 0 Å². The molecule has 2 bridgehead atoms. The average molecular weight is 332 g/mol. The number of nitrogens with one attached hydrogen (secondary N) is 1. The molecule has 128 valence electrons. The fourth-order valence-corrected chi connectivity index (χ4v) is 3.70. The molecule has 0 heterocycles. The molecule has 4 rings (SSSR count). The van der Waals surface area contributed by atoms with Gasteiger partial charge in [0.15, 0.2) is 0 Å². The minimum atomic E-state index is -0.642. The lowest BCUT2D eigenvalue weighted by Gasteiger charge is -2.33. The van der Waals surface area contributed by atoms with E-state index in [1.807, 2.05) is 0 Å². The zero-order chi connectivity index (χ0) is 17.1. The Bertz CT molecular complexity index is 685. The third-order valence-electron chi connectivity index (χ3n) is 5.02. The number of hydrogen-bond acceptors (Lipinski definition) is 6. The van der Waals surface area contributed by atoms with Gasteiger partial charge in [0, 0.05) is 11.8 Å². The van der Waals surface area contributed by atoms with Crippen LogP contribution in [-0.2, 0) is 0 Å². The largest absolute Gasteiger partial charge is 0.301 e. The van der Waals surface area contributed by atoms with E-state index in [1.54, 1.807) is 0 Å². The molecule has 1 aromatic carbocycles. The monoisotopic (exact) mass is 332 g/mol. The fourth-order valence-electron chi connectivity index (χ4n) is 3.70. The Kier molecular flexibility index (Phi) is 4.73. The van der Waals surface area contributed by atoms with Gasteiger partial charge < -0.3 is 0 Å². The van der Waals surface area contributed by atoms with Crippen LogP contribution in [0.4, 0.5) is 17.1 Å². The van der Waals surface area contributed by atoms with Crippen molar-refractivity contribution in [1.82, 2.24) is 0 Å². The molecule has 0 spiro atoms. The molecule has 0 saturated heterocycles. The van der Waals surface area contributed by atoms with Gasteiger partial charge in [-0.2, -0.15) is 5.10 Å². The summed E-state index contributed by atoms with van der Waals surface area (Å²) in [5.41, 5.74) is 3.43. The number of fused-ring (bicyclic) bond motifs is 5. The molecular weight excluding hydrogens is 312 g/mol. The predicted molar refractivity (Wildman–Crippen MR) is 90.1 cm³/mol. The molecule has 3 fully saturated rings. The maximum atomic E-state index is 11.2. The van der Waals surface area contributed by atoms with E-state index >= 15 is 0 Å². The highest BCUT2D eigenvalue weighted by Crippen LogP contribution is 2.36. The summed E-state index contributed by atoms with van der Waals surface area (Å²) in [7, 11) is 0. The Morgan fingerprint density at radius 3 is 2.58 bits per heavy atom. The van der Waals surface area contributed by atoms with Crippen LogP contribution in [0.15, 0.2) is 23.3 Å². The van der Waals surface area contributed by atoms with E-state index in [9.17, 15) is 20.2 Å². The lowest BCUT2D eigenvalue weighted by molar-refractivity contribution is -0.393. The van der Waals surface area contributed by atoms with Gasteiger partial charge in [0.1, 0.15) is 5.69 Å². The molecule has 8 heteroatoms. The standard InChI is InChI=1S/C16H20N4O4/c21-19(22)13-7-8-14(16(10-13)20(23)24)17-18-15-9-11-3-1-2-4-12(15)6-5-11/h7-8,10-12,17H,1-6,9H2/b18-15-/t11-,12+/m0/s1. The summed E-state index contributed by atoms with van der Waals surface area (Å²) in [4.78, 5) is 20.7. The Morgan fingerprint density at radius 1 is 1.04 bits per heavy atom. The molecule has 0 aliphatic heterocycles. The summed E-state index contributed by atoms with van der Waals surface area (Å²) in [6.45, 7) is 0. The van der Waals surface area contributed by atoms with Gasteiger partial charge >= 0.3 is 5.69 Å². The van der Waals surface area contributed by atoms with Crippen LogP contribution in [0.1, 0.15) is 44.9 Å². The highest BCUT2D eigenvalue weighted by atomic mass is 16.6. The van der Waals surface area contributed by atoms with E-state index in [-0.39, 0.29) is 17.1 Å². The van der Waals surface area contributed by atoms with Gasteiger partial charge in [-0.1, -0.05) is 19.3 Å². The third-order valence-corrected chi connectivity index (χ3v) is 5.02. The van der Waals surface area contributed by atoms with Crippen molar-refractivity contribution in [1.29, 1.82) is 0 Å². The first kappa shape index (κ1) is 16.4. The van der Waals surface area contributed by atoms with E-state index in [1.165, 1.54) is 37.8 Å². The van der Waals surface area contributed by atoms with Crippen LogP contribution in [0.25, 0.3) is 0 Å². The molecule has 1 N–H and O–H groups in total. The van der Waals surface area contributed by atoms with Crippen molar-refractivity contribution in [3.8, 4) is 0 Å². The smallest absolute Gasteiger partial charge is 0.272 e. The zero-order valence-electron chi connectivity index (χ0n) is 13.3. The summed E-state index contributed by atoms with van der Waals surface area (Å²) in [6, 6.07) is 3.56. The van der Waals surface area contributed by atoms with E-state index < -0.39 is 9.85 Å².